The van der Waals surface area contributed by atoms with E-state index in [2.05, 4.69) is 15.3 Å². The number of amides is 1. The molecule has 1 atom stereocenters. The molecule has 1 heterocycles. The molecule has 1 unspecified atom stereocenters. The first-order valence-corrected chi connectivity index (χ1v) is 6.21. The molecule has 19 heavy (non-hydrogen) atoms. The number of hydrogen-bond donors (Lipinski definition) is 3. The minimum Gasteiger partial charge on any atom is -0.507 e. The van der Waals surface area contributed by atoms with E-state index in [-0.39, 0.29) is 23.3 Å². The third-order valence-corrected chi connectivity index (χ3v) is 2.96. The predicted molar refractivity (Wildman–Crippen MR) is 71.9 cm³/mol. The van der Waals surface area contributed by atoms with Crippen LogP contribution in [0, 0.1) is 6.92 Å². The number of H-pyrrole nitrogens is 1. The van der Waals surface area contributed by atoms with E-state index < -0.39 is 0 Å². The van der Waals surface area contributed by atoms with E-state index >= 15 is 0 Å². The lowest BCUT2D eigenvalue weighted by Crippen LogP contribution is -2.29. The van der Waals surface area contributed by atoms with E-state index in [1.165, 1.54) is 6.07 Å². The number of benzene rings is 1. The largest absolute Gasteiger partial charge is 0.507 e. The smallest absolute Gasteiger partial charge is 0.255 e. The van der Waals surface area contributed by atoms with Gasteiger partial charge in [0.15, 0.2) is 0 Å². The summed E-state index contributed by atoms with van der Waals surface area (Å²) in [6.07, 6.45) is 4.08. The van der Waals surface area contributed by atoms with Crippen LogP contribution in [0.1, 0.15) is 41.1 Å². The summed E-state index contributed by atoms with van der Waals surface area (Å²) in [5.74, 6) is 0.393. The van der Waals surface area contributed by atoms with Gasteiger partial charge >= 0.3 is 0 Å². The number of phenolic OH excluding ortho intramolecular Hbond substituents is 1. The first-order valence-electron chi connectivity index (χ1n) is 6.21. The Morgan fingerprint density at radius 1 is 1.53 bits per heavy atom. The third-order valence-electron chi connectivity index (χ3n) is 2.96. The van der Waals surface area contributed by atoms with Crippen molar-refractivity contribution >= 4 is 5.91 Å². The number of carbonyl (C=O) groups excluding carboxylic acids is 1. The Morgan fingerprint density at radius 2 is 2.32 bits per heavy atom. The molecule has 5 heteroatoms. The van der Waals surface area contributed by atoms with Crippen LogP contribution in [0.25, 0.3) is 0 Å². The lowest BCUT2D eigenvalue weighted by Gasteiger charge is -2.15. The van der Waals surface area contributed by atoms with E-state index in [1.807, 2.05) is 13.8 Å². The molecule has 0 bridgehead atoms. The zero-order chi connectivity index (χ0) is 13.8. The van der Waals surface area contributed by atoms with Gasteiger partial charge in [0.05, 0.1) is 11.6 Å². The molecule has 1 aromatic carbocycles. The zero-order valence-corrected chi connectivity index (χ0v) is 11.0. The van der Waals surface area contributed by atoms with Gasteiger partial charge in [0, 0.05) is 12.4 Å². The number of aromatic nitrogens is 2. The highest BCUT2D eigenvalue weighted by atomic mass is 16.3. The molecule has 2 rings (SSSR count). The minimum absolute atomic E-state index is 0.0163. The Morgan fingerprint density at radius 3 is 2.95 bits per heavy atom. The number of carbonyl (C=O) groups is 1. The summed E-state index contributed by atoms with van der Waals surface area (Å²) in [4.78, 5) is 19.3. The fourth-order valence-corrected chi connectivity index (χ4v) is 1.90. The standard InChI is InChI=1S/C14H17N3O2/c1-3-11(13-15-6-7-16-13)17-14(19)10-8-9(2)4-5-12(10)18/h4-8,11,18H,3H2,1-2H3,(H,15,16)(H,17,19). The number of phenols is 1. The second-order valence-corrected chi connectivity index (χ2v) is 4.43. The zero-order valence-electron chi connectivity index (χ0n) is 11.0. The van der Waals surface area contributed by atoms with E-state index in [9.17, 15) is 9.90 Å². The Balaban J connectivity index is 2.18. The monoisotopic (exact) mass is 259 g/mol. The number of hydrogen-bond acceptors (Lipinski definition) is 3. The maximum atomic E-state index is 12.2. The van der Waals surface area contributed by atoms with E-state index in [0.29, 0.717) is 12.2 Å². The molecule has 0 saturated carbocycles. The van der Waals surface area contributed by atoms with Crippen LogP contribution in [0.3, 0.4) is 0 Å². The van der Waals surface area contributed by atoms with Crippen molar-refractivity contribution in [1.29, 1.82) is 0 Å². The third kappa shape index (κ3) is 2.93. The number of aromatic amines is 1. The minimum atomic E-state index is -0.301. The second-order valence-electron chi connectivity index (χ2n) is 4.43. The predicted octanol–water partition coefficient (Wildman–Crippen LogP) is 2.30. The topological polar surface area (TPSA) is 78.0 Å². The SMILES string of the molecule is CCC(NC(=O)c1cc(C)ccc1O)c1ncc[nH]1. The summed E-state index contributed by atoms with van der Waals surface area (Å²) in [5, 5.41) is 12.6. The molecule has 1 aromatic heterocycles. The van der Waals surface area contributed by atoms with Gasteiger partial charge in [-0.3, -0.25) is 4.79 Å². The molecule has 0 aliphatic carbocycles. The fraction of sp³-hybridized carbons (Fsp3) is 0.286. The second kappa shape index (κ2) is 5.56. The van der Waals surface area contributed by atoms with Gasteiger partial charge in [-0.15, -0.1) is 0 Å². The Hall–Kier alpha value is -2.30. The van der Waals surface area contributed by atoms with Crippen molar-refractivity contribution < 1.29 is 9.90 Å². The van der Waals surface area contributed by atoms with Crippen molar-refractivity contribution in [2.45, 2.75) is 26.3 Å². The van der Waals surface area contributed by atoms with Crippen LogP contribution in [-0.2, 0) is 0 Å². The summed E-state index contributed by atoms with van der Waals surface area (Å²) in [6.45, 7) is 3.84. The van der Waals surface area contributed by atoms with Gasteiger partial charge in [-0.25, -0.2) is 4.98 Å². The van der Waals surface area contributed by atoms with Crippen LogP contribution in [0.4, 0.5) is 0 Å². The lowest BCUT2D eigenvalue weighted by molar-refractivity contribution is 0.0931. The molecule has 2 aromatic rings. The number of rotatable bonds is 4. The van der Waals surface area contributed by atoms with E-state index in [1.54, 1.807) is 24.5 Å². The molecule has 0 aliphatic heterocycles. The molecule has 1 amide bonds. The number of aryl methyl sites for hydroxylation is 1. The summed E-state index contributed by atoms with van der Waals surface area (Å²) < 4.78 is 0. The van der Waals surface area contributed by atoms with Gasteiger partial charge in [0.2, 0.25) is 0 Å². The molecule has 0 spiro atoms. The van der Waals surface area contributed by atoms with Crippen molar-refractivity contribution in [3.63, 3.8) is 0 Å². The highest BCUT2D eigenvalue weighted by molar-refractivity contribution is 5.97. The molecule has 0 fully saturated rings. The van der Waals surface area contributed by atoms with Crippen LogP contribution in [0.2, 0.25) is 0 Å². The highest BCUT2D eigenvalue weighted by Gasteiger charge is 2.18. The maximum absolute atomic E-state index is 12.2. The van der Waals surface area contributed by atoms with Gasteiger partial charge in [-0.1, -0.05) is 18.6 Å². The van der Waals surface area contributed by atoms with E-state index in [0.717, 1.165) is 5.56 Å². The van der Waals surface area contributed by atoms with Gasteiger partial charge in [-0.2, -0.15) is 0 Å². The molecular formula is C14H17N3O2. The Kier molecular flexibility index (Phi) is 3.85. The summed E-state index contributed by atoms with van der Waals surface area (Å²) in [6, 6.07) is 4.76. The van der Waals surface area contributed by atoms with Gasteiger partial charge in [0.1, 0.15) is 11.6 Å². The lowest BCUT2D eigenvalue weighted by atomic mass is 10.1. The molecular weight excluding hydrogens is 242 g/mol. The van der Waals surface area contributed by atoms with Crippen molar-refractivity contribution in [3.8, 4) is 5.75 Å². The molecule has 5 nitrogen and oxygen atoms in total. The quantitative estimate of drug-likeness (QED) is 0.788. The maximum Gasteiger partial charge on any atom is 0.255 e. The highest BCUT2D eigenvalue weighted by Crippen LogP contribution is 2.20. The van der Waals surface area contributed by atoms with E-state index in [4.69, 9.17) is 0 Å². The van der Waals surface area contributed by atoms with Gasteiger partial charge < -0.3 is 15.4 Å². The van der Waals surface area contributed by atoms with Crippen molar-refractivity contribution in [3.05, 3.63) is 47.5 Å². The number of imidazole rings is 1. The van der Waals surface area contributed by atoms with Crippen LogP contribution >= 0.6 is 0 Å². The molecule has 3 N–H and O–H groups in total. The summed E-state index contributed by atoms with van der Waals surface area (Å²) >= 11 is 0. The Labute approximate surface area is 111 Å². The van der Waals surface area contributed by atoms with Crippen LogP contribution in [0.5, 0.6) is 5.75 Å². The van der Waals surface area contributed by atoms with Crippen LogP contribution in [0.15, 0.2) is 30.6 Å². The van der Waals surface area contributed by atoms with Gasteiger partial charge in [-0.05, 0) is 25.5 Å². The van der Waals surface area contributed by atoms with Crippen LogP contribution in [-0.4, -0.2) is 21.0 Å². The van der Waals surface area contributed by atoms with Gasteiger partial charge in [0.25, 0.3) is 5.91 Å². The normalized spacial score (nSPS) is 12.1. The number of nitrogens with zero attached hydrogens (tertiary/aromatic N) is 1. The average Bonchev–Trinajstić information content (AvgIpc) is 2.92. The molecule has 0 saturated heterocycles. The summed E-state index contributed by atoms with van der Waals surface area (Å²) in [7, 11) is 0. The van der Waals surface area contributed by atoms with Crippen molar-refractivity contribution in [1.82, 2.24) is 15.3 Å². The van der Waals surface area contributed by atoms with Crippen LogP contribution < -0.4 is 5.32 Å². The number of nitrogens with one attached hydrogen (secondary N) is 2. The fourth-order valence-electron chi connectivity index (χ4n) is 1.90. The first-order chi connectivity index (χ1) is 9.11. The summed E-state index contributed by atoms with van der Waals surface area (Å²) in [5.41, 5.74) is 1.21. The molecule has 0 radical (unpaired) electrons. The molecule has 100 valence electrons. The van der Waals surface area contributed by atoms with Crippen molar-refractivity contribution in [2.24, 2.45) is 0 Å². The van der Waals surface area contributed by atoms with Crippen molar-refractivity contribution in [2.75, 3.05) is 0 Å². The Bertz CT molecular complexity index is 564. The number of aromatic hydroxyl groups is 1. The molecule has 0 aliphatic rings. The average molecular weight is 259 g/mol. The first kappa shape index (κ1) is 13.1.